The van der Waals surface area contributed by atoms with E-state index in [-0.39, 0.29) is 5.43 Å². The van der Waals surface area contributed by atoms with Crippen molar-refractivity contribution in [2.24, 2.45) is 0 Å². The second kappa shape index (κ2) is 8.49. The molecule has 2 heterocycles. The fourth-order valence-electron chi connectivity index (χ4n) is 3.91. The molecule has 0 spiro atoms. The highest BCUT2D eigenvalue weighted by Gasteiger charge is 2.20. The lowest BCUT2D eigenvalue weighted by Crippen LogP contribution is -2.15. The molecule has 0 aliphatic heterocycles. The van der Waals surface area contributed by atoms with Crippen molar-refractivity contribution in [2.75, 3.05) is 5.32 Å². The number of para-hydroxylation sites is 2. The molecule has 0 aliphatic rings. The summed E-state index contributed by atoms with van der Waals surface area (Å²) in [6, 6.07) is 30.4. The first-order valence-corrected chi connectivity index (χ1v) is 10.4. The molecule has 1 atom stereocenters. The van der Waals surface area contributed by atoms with Crippen LogP contribution in [-0.4, -0.2) is 14.7 Å². The molecule has 5 aromatic rings. The maximum Gasteiger partial charge on any atom is 0.193 e. The summed E-state index contributed by atoms with van der Waals surface area (Å²) in [5.41, 5.74) is 3.47. The van der Waals surface area contributed by atoms with E-state index in [0.717, 1.165) is 16.9 Å². The number of benzene rings is 3. The minimum atomic E-state index is -0.936. The lowest BCUT2D eigenvalue weighted by Gasteiger charge is -2.22. The van der Waals surface area contributed by atoms with Crippen LogP contribution in [0.2, 0.25) is 0 Å². The standard InChI is InChI=1S/C27H21N3O2/c31-24-16-25(29-20-12-6-2-7-13-20)30(21-14-8-3-9-15-21)26-22(24)17-28-18-23(26)27(32)19-10-4-1-5-11-19/h1-18,27,29,32H. The third-order valence-corrected chi connectivity index (χ3v) is 5.41. The van der Waals surface area contributed by atoms with Crippen molar-refractivity contribution in [1.82, 2.24) is 9.55 Å². The molecule has 0 amide bonds. The molecule has 0 saturated heterocycles. The zero-order valence-electron chi connectivity index (χ0n) is 17.2. The predicted octanol–water partition coefficient (Wildman–Crippen LogP) is 5.21. The van der Waals surface area contributed by atoms with E-state index in [0.29, 0.717) is 22.3 Å². The highest BCUT2D eigenvalue weighted by Crippen LogP contribution is 2.32. The lowest BCUT2D eigenvalue weighted by molar-refractivity contribution is 0.221. The number of aliphatic hydroxyl groups is 1. The quantitative estimate of drug-likeness (QED) is 0.410. The number of hydrogen-bond acceptors (Lipinski definition) is 4. The fourth-order valence-corrected chi connectivity index (χ4v) is 3.91. The Morgan fingerprint density at radius 2 is 1.44 bits per heavy atom. The summed E-state index contributed by atoms with van der Waals surface area (Å²) in [6.45, 7) is 0. The molecule has 156 valence electrons. The Bertz CT molecular complexity index is 1420. The number of aromatic nitrogens is 2. The molecule has 0 aliphatic carbocycles. The summed E-state index contributed by atoms with van der Waals surface area (Å²) in [7, 11) is 0. The van der Waals surface area contributed by atoms with Crippen LogP contribution < -0.4 is 10.7 Å². The van der Waals surface area contributed by atoms with Crippen LogP contribution in [0.4, 0.5) is 11.5 Å². The zero-order valence-corrected chi connectivity index (χ0v) is 17.2. The minimum absolute atomic E-state index is 0.166. The molecule has 3 aromatic carbocycles. The first kappa shape index (κ1) is 19.7. The van der Waals surface area contributed by atoms with Gasteiger partial charge in [-0.15, -0.1) is 0 Å². The van der Waals surface area contributed by atoms with Crippen molar-refractivity contribution in [3.05, 3.63) is 131 Å². The fraction of sp³-hybridized carbons (Fsp3) is 0.0370. The van der Waals surface area contributed by atoms with Crippen molar-refractivity contribution in [1.29, 1.82) is 0 Å². The third-order valence-electron chi connectivity index (χ3n) is 5.41. The Kier molecular flexibility index (Phi) is 5.24. The molecular formula is C27H21N3O2. The Balaban J connectivity index is 1.82. The van der Waals surface area contributed by atoms with E-state index in [1.165, 1.54) is 0 Å². The Labute approximate surface area is 185 Å². The molecule has 32 heavy (non-hydrogen) atoms. The highest BCUT2D eigenvalue weighted by atomic mass is 16.3. The van der Waals surface area contributed by atoms with E-state index in [4.69, 9.17) is 0 Å². The monoisotopic (exact) mass is 419 g/mol. The summed E-state index contributed by atoms with van der Waals surface area (Å²) in [5, 5.41) is 15.1. The number of fused-ring (bicyclic) bond motifs is 1. The van der Waals surface area contributed by atoms with Gasteiger partial charge in [0, 0.05) is 35.4 Å². The van der Waals surface area contributed by atoms with Crippen molar-refractivity contribution in [2.45, 2.75) is 6.10 Å². The summed E-state index contributed by atoms with van der Waals surface area (Å²) >= 11 is 0. The van der Waals surface area contributed by atoms with Gasteiger partial charge in [0.25, 0.3) is 0 Å². The van der Waals surface area contributed by atoms with E-state index in [9.17, 15) is 9.90 Å². The van der Waals surface area contributed by atoms with Gasteiger partial charge >= 0.3 is 0 Å². The van der Waals surface area contributed by atoms with Gasteiger partial charge < -0.3 is 10.4 Å². The summed E-state index contributed by atoms with van der Waals surface area (Å²) in [6.07, 6.45) is 2.25. The molecule has 1 unspecified atom stereocenters. The van der Waals surface area contributed by atoms with Gasteiger partial charge in [-0.1, -0.05) is 66.7 Å². The molecule has 0 saturated carbocycles. The van der Waals surface area contributed by atoms with Crippen LogP contribution >= 0.6 is 0 Å². The smallest absolute Gasteiger partial charge is 0.193 e. The largest absolute Gasteiger partial charge is 0.384 e. The molecule has 0 radical (unpaired) electrons. The maximum atomic E-state index is 13.1. The van der Waals surface area contributed by atoms with E-state index < -0.39 is 6.10 Å². The lowest BCUT2D eigenvalue weighted by atomic mass is 10.0. The van der Waals surface area contributed by atoms with Crippen LogP contribution in [0, 0.1) is 0 Å². The van der Waals surface area contributed by atoms with Crippen LogP contribution in [0.15, 0.2) is 114 Å². The van der Waals surface area contributed by atoms with E-state index >= 15 is 0 Å². The van der Waals surface area contributed by atoms with Crippen molar-refractivity contribution >= 4 is 22.4 Å². The van der Waals surface area contributed by atoms with E-state index in [2.05, 4.69) is 10.3 Å². The molecule has 2 aromatic heterocycles. The maximum absolute atomic E-state index is 13.1. The first-order valence-electron chi connectivity index (χ1n) is 10.4. The summed E-state index contributed by atoms with van der Waals surface area (Å²) in [4.78, 5) is 17.4. The van der Waals surface area contributed by atoms with Gasteiger partial charge in [-0.3, -0.25) is 14.3 Å². The number of nitrogens with zero attached hydrogens (tertiary/aromatic N) is 2. The topological polar surface area (TPSA) is 67.2 Å². The number of hydrogen-bond donors (Lipinski definition) is 2. The van der Waals surface area contributed by atoms with Gasteiger partial charge in [-0.25, -0.2) is 0 Å². The van der Waals surface area contributed by atoms with Crippen molar-refractivity contribution in [3.8, 4) is 5.69 Å². The molecule has 0 fully saturated rings. The van der Waals surface area contributed by atoms with E-state index in [1.54, 1.807) is 18.5 Å². The minimum Gasteiger partial charge on any atom is -0.384 e. The van der Waals surface area contributed by atoms with E-state index in [1.807, 2.05) is 95.6 Å². The third kappa shape index (κ3) is 3.66. The molecular weight excluding hydrogens is 398 g/mol. The zero-order chi connectivity index (χ0) is 21.9. The van der Waals surface area contributed by atoms with Crippen LogP contribution in [0.1, 0.15) is 17.2 Å². The van der Waals surface area contributed by atoms with Gasteiger partial charge in [0.05, 0.1) is 10.9 Å². The number of aliphatic hydroxyl groups excluding tert-OH is 1. The Morgan fingerprint density at radius 3 is 2.12 bits per heavy atom. The summed E-state index contributed by atoms with van der Waals surface area (Å²) in [5.74, 6) is 0.604. The second-order valence-electron chi connectivity index (χ2n) is 7.49. The average Bonchev–Trinajstić information content (AvgIpc) is 2.85. The Hall–Kier alpha value is -4.22. The van der Waals surface area contributed by atoms with Gasteiger partial charge in [-0.2, -0.15) is 0 Å². The Morgan fingerprint density at radius 1 is 0.812 bits per heavy atom. The molecule has 5 heteroatoms. The number of anilines is 2. The highest BCUT2D eigenvalue weighted by molar-refractivity contribution is 5.86. The van der Waals surface area contributed by atoms with Gasteiger partial charge in [0.2, 0.25) is 0 Å². The van der Waals surface area contributed by atoms with Crippen molar-refractivity contribution in [3.63, 3.8) is 0 Å². The molecule has 2 N–H and O–H groups in total. The number of nitrogens with one attached hydrogen (secondary N) is 1. The van der Waals surface area contributed by atoms with Gasteiger partial charge in [0.15, 0.2) is 5.43 Å². The molecule has 0 bridgehead atoms. The van der Waals surface area contributed by atoms with Gasteiger partial charge in [-0.05, 0) is 29.8 Å². The van der Waals surface area contributed by atoms with Crippen LogP contribution in [0.25, 0.3) is 16.6 Å². The normalized spacial score (nSPS) is 11.9. The molecule has 5 nitrogen and oxygen atoms in total. The van der Waals surface area contributed by atoms with Gasteiger partial charge in [0.1, 0.15) is 11.9 Å². The second-order valence-corrected chi connectivity index (χ2v) is 7.49. The average molecular weight is 419 g/mol. The van der Waals surface area contributed by atoms with Crippen LogP contribution in [-0.2, 0) is 0 Å². The number of pyridine rings is 2. The molecule has 5 rings (SSSR count). The summed E-state index contributed by atoms with van der Waals surface area (Å²) < 4.78 is 1.97. The predicted molar refractivity (Wildman–Crippen MR) is 128 cm³/mol. The number of rotatable bonds is 5. The van der Waals surface area contributed by atoms with Crippen molar-refractivity contribution < 1.29 is 5.11 Å². The van der Waals surface area contributed by atoms with Crippen LogP contribution in [0.3, 0.4) is 0 Å². The van der Waals surface area contributed by atoms with Crippen LogP contribution in [0.5, 0.6) is 0 Å². The first-order chi connectivity index (χ1) is 15.7. The SMILES string of the molecule is O=c1cc(Nc2ccccc2)n(-c2ccccc2)c2c(C(O)c3ccccc3)cncc12.